The molecule has 3 aromatic carbocycles. The average Bonchev–Trinajstić information content (AvgIpc) is 2.70. The Bertz CT molecular complexity index is 1030. The molecule has 3 N–H and O–H groups in total. The molecule has 3 rings (SSSR count). The highest BCUT2D eigenvalue weighted by molar-refractivity contribution is 6.04. The van der Waals surface area contributed by atoms with E-state index in [1.807, 2.05) is 6.92 Å². The van der Waals surface area contributed by atoms with E-state index in [4.69, 9.17) is 9.47 Å². The third-order valence-corrected chi connectivity index (χ3v) is 4.01. The molecule has 0 spiro atoms. The molecule has 0 atom stereocenters. The predicted molar refractivity (Wildman–Crippen MR) is 104 cm³/mol. The first-order valence-corrected chi connectivity index (χ1v) is 8.63. The van der Waals surface area contributed by atoms with Gasteiger partial charge in [-0.05, 0) is 25.1 Å². The van der Waals surface area contributed by atoms with Crippen LogP contribution in [0.1, 0.15) is 17.3 Å². The van der Waals surface area contributed by atoms with Crippen molar-refractivity contribution in [3.8, 4) is 17.2 Å². The van der Waals surface area contributed by atoms with Crippen molar-refractivity contribution < 1.29 is 29.3 Å². The summed E-state index contributed by atoms with van der Waals surface area (Å²) >= 11 is 0. The number of carbonyl (C=O) groups is 2. The third-order valence-electron chi connectivity index (χ3n) is 4.01. The number of fused-ring (bicyclic) bond motifs is 1. The van der Waals surface area contributed by atoms with Gasteiger partial charge in [0.2, 0.25) is 0 Å². The number of anilines is 1. The van der Waals surface area contributed by atoms with E-state index in [-0.39, 0.29) is 17.1 Å². The zero-order valence-electron chi connectivity index (χ0n) is 15.1. The van der Waals surface area contributed by atoms with Gasteiger partial charge in [-0.25, -0.2) is 4.79 Å². The summed E-state index contributed by atoms with van der Waals surface area (Å²) in [5.41, 5.74) is 0.232. The number of carbonyl (C=O) groups excluding carboxylic acids is 2. The van der Waals surface area contributed by atoms with Crippen LogP contribution in [0.4, 0.5) is 5.69 Å². The minimum atomic E-state index is -0.924. The zero-order valence-corrected chi connectivity index (χ0v) is 15.1. The van der Waals surface area contributed by atoms with Crippen LogP contribution in [0.15, 0.2) is 54.6 Å². The Labute approximate surface area is 161 Å². The van der Waals surface area contributed by atoms with Crippen molar-refractivity contribution in [1.29, 1.82) is 0 Å². The summed E-state index contributed by atoms with van der Waals surface area (Å²) in [4.78, 5) is 24.4. The molecule has 1 amide bonds. The molecule has 7 nitrogen and oxygen atoms in total. The third kappa shape index (κ3) is 3.98. The van der Waals surface area contributed by atoms with Gasteiger partial charge in [0.25, 0.3) is 5.91 Å². The second-order valence-electron chi connectivity index (χ2n) is 5.89. The van der Waals surface area contributed by atoms with E-state index in [1.54, 1.807) is 48.5 Å². The monoisotopic (exact) mass is 381 g/mol. The Morgan fingerprint density at radius 3 is 2.43 bits per heavy atom. The number of ether oxygens (including phenoxy) is 2. The summed E-state index contributed by atoms with van der Waals surface area (Å²) < 4.78 is 10.4. The Balaban J connectivity index is 1.70. The van der Waals surface area contributed by atoms with Gasteiger partial charge in [-0.2, -0.15) is 0 Å². The molecule has 0 heterocycles. The minimum Gasteiger partial charge on any atom is -0.507 e. The number of esters is 1. The van der Waals surface area contributed by atoms with Crippen molar-refractivity contribution in [2.45, 2.75) is 6.92 Å². The Morgan fingerprint density at radius 2 is 1.68 bits per heavy atom. The standard InChI is InChI=1S/C21H19NO6/c1-2-27-18-10-6-5-9-16(18)22-19(24)12-28-21(26)15-11-17(23)13-7-3-4-8-14(13)20(15)25/h3-11,23,25H,2,12H2,1H3,(H,22,24). The van der Waals surface area contributed by atoms with Gasteiger partial charge in [-0.15, -0.1) is 0 Å². The maximum atomic E-state index is 12.3. The van der Waals surface area contributed by atoms with Crippen LogP contribution in [0, 0.1) is 0 Å². The lowest BCUT2D eigenvalue weighted by molar-refractivity contribution is -0.119. The normalized spacial score (nSPS) is 10.5. The molecular formula is C21H19NO6. The molecule has 0 fully saturated rings. The fourth-order valence-electron chi connectivity index (χ4n) is 2.74. The van der Waals surface area contributed by atoms with Crippen LogP contribution in [0.5, 0.6) is 17.2 Å². The highest BCUT2D eigenvalue weighted by Crippen LogP contribution is 2.35. The van der Waals surface area contributed by atoms with Gasteiger partial charge < -0.3 is 25.0 Å². The van der Waals surface area contributed by atoms with Crippen LogP contribution in [0.25, 0.3) is 10.8 Å². The van der Waals surface area contributed by atoms with Crippen LogP contribution in [-0.4, -0.2) is 35.3 Å². The van der Waals surface area contributed by atoms with E-state index < -0.39 is 18.5 Å². The van der Waals surface area contributed by atoms with E-state index in [1.165, 1.54) is 0 Å². The smallest absolute Gasteiger partial charge is 0.342 e. The van der Waals surface area contributed by atoms with Crippen molar-refractivity contribution in [2.75, 3.05) is 18.5 Å². The van der Waals surface area contributed by atoms with Gasteiger partial charge in [-0.3, -0.25) is 4.79 Å². The number of hydrogen-bond acceptors (Lipinski definition) is 6. The number of aromatic hydroxyl groups is 2. The molecule has 28 heavy (non-hydrogen) atoms. The second-order valence-corrected chi connectivity index (χ2v) is 5.89. The Morgan fingerprint density at radius 1 is 1.00 bits per heavy atom. The number of nitrogens with one attached hydrogen (secondary N) is 1. The largest absolute Gasteiger partial charge is 0.507 e. The fourth-order valence-corrected chi connectivity index (χ4v) is 2.74. The van der Waals surface area contributed by atoms with Gasteiger partial charge in [0.05, 0.1) is 12.3 Å². The van der Waals surface area contributed by atoms with Crippen LogP contribution in [-0.2, 0) is 9.53 Å². The number of rotatable bonds is 6. The van der Waals surface area contributed by atoms with Gasteiger partial charge in [0.15, 0.2) is 6.61 Å². The number of phenolic OH excluding ortho intramolecular Hbond substituents is 2. The number of phenols is 2. The van der Waals surface area contributed by atoms with E-state index >= 15 is 0 Å². The summed E-state index contributed by atoms with van der Waals surface area (Å²) in [7, 11) is 0. The highest BCUT2D eigenvalue weighted by Gasteiger charge is 2.19. The zero-order chi connectivity index (χ0) is 20.1. The summed E-state index contributed by atoms with van der Waals surface area (Å²) in [6, 6.07) is 14.5. The Hall–Kier alpha value is -3.74. The molecule has 0 saturated carbocycles. The Kier molecular flexibility index (Phi) is 5.64. The lowest BCUT2D eigenvalue weighted by Crippen LogP contribution is -2.21. The van der Waals surface area contributed by atoms with E-state index in [0.717, 1.165) is 6.07 Å². The molecule has 0 aliphatic rings. The molecule has 0 saturated heterocycles. The maximum Gasteiger partial charge on any atom is 0.342 e. The molecule has 0 aliphatic heterocycles. The molecule has 0 aliphatic carbocycles. The summed E-state index contributed by atoms with van der Waals surface area (Å²) in [5, 5.41) is 23.7. The first kappa shape index (κ1) is 19.0. The van der Waals surface area contributed by atoms with Gasteiger partial charge in [0, 0.05) is 10.8 Å². The van der Waals surface area contributed by atoms with E-state index in [2.05, 4.69) is 5.32 Å². The van der Waals surface area contributed by atoms with E-state index in [0.29, 0.717) is 28.8 Å². The number of para-hydroxylation sites is 2. The molecule has 144 valence electrons. The molecule has 0 radical (unpaired) electrons. The second kappa shape index (κ2) is 8.30. The van der Waals surface area contributed by atoms with E-state index in [9.17, 15) is 19.8 Å². The van der Waals surface area contributed by atoms with Crippen molar-refractivity contribution in [1.82, 2.24) is 0 Å². The fraction of sp³-hybridized carbons (Fsp3) is 0.143. The van der Waals surface area contributed by atoms with Gasteiger partial charge in [-0.1, -0.05) is 36.4 Å². The SMILES string of the molecule is CCOc1ccccc1NC(=O)COC(=O)c1cc(O)c2ccccc2c1O. The van der Waals surface area contributed by atoms with Crippen LogP contribution >= 0.6 is 0 Å². The molecule has 3 aromatic rings. The van der Waals surface area contributed by atoms with Gasteiger partial charge in [0.1, 0.15) is 22.8 Å². The first-order chi connectivity index (χ1) is 13.5. The number of amides is 1. The molecule has 7 heteroatoms. The summed E-state index contributed by atoms with van der Waals surface area (Å²) in [6.07, 6.45) is 0. The van der Waals surface area contributed by atoms with Crippen molar-refractivity contribution in [3.63, 3.8) is 0 Å². The van der Waals surface area contributed by atoms with Crippen LogP contribution in [0.3, 0.4) is 0 Å². The lowest BCUT2D eigenvalue weighted by atomic mass is 10.0. The molecule has 0 aromatic heterocycles. The average molecular weight is 381 g/mol. The molecule has 0 bridgehead atoms. The van der Waals surface area contributed by atoms with Crippen molar-refractivity contribution in [3.05, 3.63) is 60.2 Å². The topological polar surface area (TPSA) is 105 Å². The number of hydrogen-bond donors (Lipinski definition) is 3. The summed E-state index contributed by atoms with van der Waals surface area (Å²) in [6.45, 7) is 1.70. The highest BCUT2D eigenvalue weighted by atomic mass is 16.5. The molecular weight excluding hydrogens is 362 g/mol. The van der Waals surface area contributed by atoms with Crippen LogP contribution < -0.4 is 10.1 Å². The maximum absolute atomic E-state index is 12.3. The molecule has 0 unspecified atom stereocenters. The minimum absolute atomic E-state index is 0.171. The van der Waals surface area contributed by atoms with Crippen LogP contribution in [0.2, 0.25) is 0 Å². The van der Waals surface area contributed by atoms with Crippen molar-refractivity contribution in [2.24, 2.45) is 0 Å². The quantitative estimate of drug-likeness (QED) is 0.446. The van der Waals surface area contributed by atoms with Crippen molar-refractivity contribution >= 4 is 28.3 Å². The predicted octanol–water partition coefficient (Wildman–Crippen LogP) is 3.45. The number of benzene rings is 3. The van der Waals surface area contributed by atoms with Gasteiger partial charge >= 0.3 is 5.97 Å². The summed E-state index contributed by atoms with van der Waals surface area (Å²) in [5.74, 6) is -1.48. The lowest BCUT2D eigenvalue weighted by Gasteiger charge is -2.12. The first-order valence-electron chi connectivity index (χ1n) is 8.63.